The van der Waals surface area contributed by atoms with E-state index in [0.29, 0.717) is 11.3 Å². The van der Waals surface area contributed by atoms with Crippen molar-refractivity contribution >= 4 is 0 Å². The minimum atomic E-state index is 0.454. The van der Waals surface area contributed by atoms with Crippen LogP contribution < -0.4 is 0 Å². The van der Waals surface area contributed by atoms with Crippen LogP contribution in [-0.2, 0) is 0 Å². The third-order valence-electron chi connectivity index (χ3n) is 3.51. The molecule has 0 aromatic carbocycles. The summed E-state index contributed by atoms with van der Waals surface area (Å²) in [5.74, 6) is 1.41. The van der Waals surface area contributed by atoms with Crippen molar-refractivity contribution in [2.24, 2.45) is 17.3 Å². The van der Waals surface area contributed by atoms with Gasteiger partial charge in [-0.1, -0.05) is 47.5 Å². The van der Waals surface area contributed by atoms with Gasteiger partial charge in [-0.3, -0.25) is 0 Å². The molecule has 0 amide bonds. The molecule has 0 rings (SSSR count). The van der Waals surface area contributed by atoms with Gasteiger partial charge in [0.15, 0.2) is 0 Å². The topological polar surface area (TPSA) is 0 Å². The standard InChI is InChI=1S/C12H25/c1-7-11(5)9-12(6,8-2)10(3)4/h10-11H,3,7-9H2,1-2,4-6H3. The smallest absolute Gasteiger partial charge is 0.0300 e. The second-order valence-electron chi connectivity index (χ2n) is 4.63. The van der Waals surface area contributed by atoms with Crippen LogP contribution in [0.3, 0.4) is 0 Å². The summed E-state index contributed by atoms with van der Waals surface area (Å²) in [5.41, 5.74) is 0.454. The lowest BCUT2D eigenvalue weighted by Gasteiger charge is -2.35. The summed E-state index contributed by atoms with van der Waals surface area (Å²) in [5, 5.41) is 0. The van der Waals surface area contributed by atoms with E-state index in [4.69, 9.17) is 0 Å². The Morgan fingerprint density at radius 3 is 2.00 bits per heavy atom. The first kappa shape index (κ1) is 12.0. The molecule has 0 saturated carbocycles. The van der Waals surface area contributed by atoms with Gasteiger partial charge in [-0.2, -0.15) is 0 Å². The molecule has 0 aromatic rings. The average molecular weight is 169 g/mol. The van der Waals surface area contributed by atoms with Crippen molar-refractivity contribution < 1.29 is 0 Å². The minimum absolute atomic E-state index is 0.454. The summed E-state index contributed by atoms with van der Waals surface area (Å²) >= 11 is 0. The molecule has 0 fully saturated rings. The first-order valence-electron chi connectivity index (χ1n) is 5.29. The van der Waals surface area contributed by atoms with Crippen LogP contribution in [0, 0.1) is 24.2 Å². The molecule has 0 aliphatic heterocycles. The maximum Gasteiger partial charge on any atom is -0.0300 e. The van der Waals surface area contributed by atoms with E-state index in [1.807, 2.05) is 0 Å². The molecule has 1 radical (unpaired) electrons. The van der Waals surface area contributed by atoms with Gasteiger partial charge in [0.1, 0.15) is 0 Å². The lowest BCUT2D eigenvalue weighted by atomic mass is 9.71. The van der Waals surface area contributed by atoms with Crippen molar-refractivity contribution in [3.05, 3.63) is 6.92 Å². The molecule has 0 aromatic heterocycles. The second kappa shape index (κ2) is 4.89. The van der Waals surface area contributed by atoms with Gasteiger partial charge in [-0.15, -0.1) is 0 Å². The predicted octanol–water partition coefficient (Wildman–Crippen LogP) is 4.31. The molecule has 0 aliphatic rings. The summed E-state index contributed by atoms with van der Waals surface area (Å²) in [6.07, 6.45) is 3.87. The van der Waals surface area contributed by atoms with E-state index in [1.165, 1.54) is 19.3 Å². The highest BCUT2D eigenvalue weighted by Gasteiger charge is 2.27. The Labute approximate surface area is 78.8 Å². The van der Waals surface area contributed by atoms with E-state index < -0.39 is 0 Å². The van der Waals surface area contributed by atoms with Crippen molar-refractivity contribution in [2.45, 2.75) is 53.9 Å². The zero-order chi connectivity index (χ0) is 9.78. The van der Waals surface area contributed by atoms with E-state index in [1.54, 1.807) is 0 Å². The predicted molar refractivity (Wildman–Crippen MR) is 57.0 cm³/mol. The van der Waals surface area contributed by atoms with Gasteiger partial charge in [0.2, 0.25) is 0 Å². The first-order valence-corrected chi connectivity index (χ1v) is 5.29. The molecule has 73 valence electrons. The minimum Gasteiger partial charge on any atom is -0.0651 e. The van der Waals surface area contributed by atoms with Gasteiger partial charge >= 0.3 is 0 Å². The van der Waals surface area contributed by atoms with Crippen LogP contribution in [0.15, 0.2) is 0 Å². The Kier molecular flexibility index (Phi) is 4.89. The summed E-state index contributed by atoms with van der Waals surface area (Å²) in [7, 11) is 0. The van der Waals surface area contributed by atoms with E-state index >= 15 is 0 Å². The van der Waals surface area contributed by atoms with Crippen molar-refractivity contribution in [1.82, 2.24) is 0 Å². The van der Waals surface area contributed by atoms with E-state index in [9.17, 15) is 0 Å². The fraction of sp³-hybridized carbons (Fsp3) is 0.917. The van der Waals surface area contributed by atoms with Crippen molar-refractivity contribution in [3.8, 4) is 0 Å². The summed E-state index contributed by atoms with van der Waals surface area (Å²) < 4.78 is 0. The first-order chi connectivity index (χ1) is 5.46. The molecular formula is C12H25. The molecule has 3 unspecified atom stereocenters. The van der Waals surface area contributed by atoms with Crippen LogP contribution in [-0.4, -0.2) is 0 Å². The Balaban J connectivity index is 4.14. The third-order valence-corrected chi connectivity index (χ3v) is 3.51. The maximum absolute atomic E-state index is 4.17. The lowest BCUT2D eigenvalue weighted by molar-refractivity contribution is 0.175. The fourth-order valence-electron chi connectivity index (χ4n) is 1.63. The molecule has 0 aliphatic carbocycles. The summed E-state index contributed by atoms with van der Waals surface area (Å²) in [6.45, 7) is 15.7. The highest BCUT2D eigenvalue weighted by molar-refractivity contribution is 4.81. The Hall–Kier alpha value is 0. The highest BCUT2D eigenvalue weighted by Crippen LogP contribution is 2.37. The highest BCUT2D eigenvalue weighted by atomic mass is 14.3. The van der Waals surface area contributed by atoms with E-state index in [0.717, 1.165) is 5.92 Å². The number of rotatable bonds is 5. The number of hydrogen-bond donors (Lipinski definition) is 0. The largest absolute Gasteiger partial charge is 0.0651 e. The molecule has 0 nitrogen and oxygen atoms in total. The Morgan fingerprint density at radius 2 is 1.75 bits per heavy atom. The molecule has 0 bridgehead atoms. The van der Waals surface area contributed by atoms with Crippen LogP contribution in [0.25, 0.3) is 0 Å². The Bertz CT molecular complexity index is 115. The molecular weight excluding hydrogens is 144 g/mol. The van der Waals surface area contributed by atoms with Crippen LogP contribution in [0.5, 0.6) is 0 Å². The van der Waals surface area contributed by atoms with Gasteiger partial charge in [0.25, 0.3) is 0 Å². The monoisotopic (exact) mass is 169 g/mol. The van der Waals surface area contributed by atoms with Crippen LogP contribution in [0.2, 0.25) is 0 Å². The molecule has 0 spiro atoms. The normalized spacial score (nSPS) is 19.2. The molecule has 0 heterocycles. The fourth-order valence-corrected chi connectivity index (χ4v) is 1.63. The molecule has 0 heteroatoms. The van der Waals surface area contributed by atoms with Gasteiger partial charge in [0.05, 0.1) is 0 Å². The summed E-state index contributed by atoms with van der Waals surface area (Å²) in [6, 6.07) is 0. The van der Waals surface area contributed by atoms with Crippen LogP contribution >= 0.6 is 0 Å². The van der Waals surface area contributed by atoms with Gasteiger partial charge in [-0.05, 0) is 30.6 Å². The molecule has 0 saturated heterocycles. The Morgan fingerprint density at radius 1 is 1.25 bits per heavy atom. The average Bonchev–Trinajstić information content (AvgIpc) is 2.03. The molecule has 3 atom stereocenters. The zero-order valence-electron chi connectivity index (χ0n) is 9.48. The number of hydrogen-bond acceptors (Lipinski definition) is 0. The van der Waals surface area contributed by atoms with Crippen LogP contribution in [0.4, 0.5) is 0 Å². The lowest BCUT2D eigenvalue weighted by Crippen LogP contribution is -2.25. The second-order valence-corrected chi connectivity index (χ2v) is 4.63. The molecule has 12 heavy (non-hydrogen) atoms. The van der Waals surface area contributed by atoms with Gasteiger partial charge < -0.3 is 0 Å². The SMILES string of the molecule is [CH2]C(C)C(C)(CC)CC(C)CC. The van der Waals surface area contributed by atoms with E-state index in [-0.39, 0.29) is 0 Å². The maximum atomic E-state index is 4.17. The quantitative estimate of drug-likeness (QED) is 0.575. The van der Waals surface area contributed by atoms with Crippen molar-refractivity contribution in [2.75, 3.05) is 0 Å². The zero-order valence-corrected chi connectivity index (χ0v) is 9.48. The van der Waals surface area contributed by atoms with Crippen molar-refractivity contribution in [1.29, 1.82) is 0 Å². The van der Waals surface area contributed by atoms with Gasteiger partial charge in [-0.25, -0.2) is 0 Å². The summed E-state index contributed by atoms with van der Waals surface area (Å²) in [4.78, 5) is 0. The van der Waals surface area contributed by atoms with Gasteiger partial charge in [0, 0.05) is 0 Å². The van der Waals surface area contributed by atoms with E-state index in [2.05, 4.69) is 41.5 Å². The van der Waals surface area contributed by atoms with Crippen molar-refractivity contribution in [3.63, 3.8) is 0 Å². The molecule has 0 N–H and O–H groups in total. The van der Waals surface area contributed by atoms with Crippen LogP contribution in [0.1, 0.15) is 53.9 Å². The third kappa shape index (κ3) is 3.16.